The van der Waals surface area contributed by atoms with Crippen molar-refractivity contribution in [2.24, 2.45) is 40.4 Å². The van der Waals surface area contributed by atoms with Crippen LogP contribution in [0.3, 0.4) is 0 Å². The average Bonchev–Trinajstić information content (AvgIpc) is 3.26. The molecule has 4 aliphatic rings. The Kier molecular flexibility index (Phi) is 10.7. The molecule has 0 aromatic carbocycles. The fraction of sp³-hybridized carbons (Fsp3) is 0.703. The summed E-state index contributed by atoms with van der Waals surface area (Å²) in [5.41, 5.74) is 8.31. The SMILES string of the molecule is C/C=C1\CCC2(C)[C@H](CCC3[C@@H]4CCC(/C(C)=C/C)C4(C)CC[C@@H]32)C1.C=CC.CCc1ccc(C)nc1C. The third kappa shape index (κ3) is 6.08. The van der Waals surface area contributed by atoms with Crippen molar-refractivity contribution in [2.45, 2.75) is 127 Å². The largest absolute Gasteiger partial charge is 0.258 e. The number of hydrogen-bond acceptors (Lipinski definition) is 1. The van der Waals surface area contributed by atoms with Gasteiger partial charge >= 0.3 is 0 Å². The maximum Gasteiger partial charge on any atom is 0.0407 e. The molecule has 1 heterocycles. The van der Waals surface area contributed by atoms with Crippen LogP contribution in [0.15, 0.2) is 48.1 Å². The van der Waals surface area contributed by atoms with Crippen molar-refractivity contribution in [3.63, 3.8) is 0 Å². The van der Waals surface area contributed by atoms with Crippen molar-refractivity contribution in [2.75, 3.05) is 0 Å². The predicted octanol–water partition coefficient (Wildman–Crippen LogP) is 11.0. The maximum atomic E-state index is 4.34. The Morgan fingerprint density at radius 2 is 1.66 bits per heavy atom. The number of nitrogens with zero attached hydrogens (tertiary/aromatic N) is 1. The molecular formula is C37H59N. The molecule has 4 unspecified atom stereocenters. The molecule has 1 aromatic heterocycles. The zero-order chi connectivity index (χ0) is 28.1. The Morgan fingerprint density at radius 3 is 2.26 bits per heavy atom. The number of aryl methyl sites for hydroxylation is 3. The Hall–Kier alpha value is -1.63. The van der Waals surface area contributed by atoms with Crippen LogP contribution < -0.4 is 0 Å². The zero-order valence-electron chi connectivity index (χ0n) is 26.5. The van der Waals surface area contributed by atoms with Crippen LogP contribution in [0.1, 0.15) is 123 Å². The molecule has 1 heteroatoms. The second kappa shape index (κ2) is 13.1. The van der Waals surface area contributed by atoms with E-state index in [0.717, 1.165) is 41.7 Å². The minimum absolute atomic E-state index is 0.601. The molecule has 0 aliphatic heterocycles. The molecule has 5 rings (SSSR count). The van der Waals surface area contributed by atoms with Crippen LogP contribution in [0.4, 0.5) is 0 Å². The van der Waals surface area contributed by atoms with Crippen LogP contribution in [0.25, 0.3) is 0 Å². The van der Waals surface area contributed by atoms with E-state index in [0.29, 0.717) is 10.8 Å². The summed E-state index contributed by atoms with van der Waals surface area (Å²) in [4.78, 5) is 4.34. The standard InChI is InChI=1S/C25H40.C9H13N.C3H6/c1-6-17(3)21-10-11-22-20-9-8-19-16-18(7-2)12-14-24(19,4)23(20)13-15-25(21,22)5;1-4-9-6-5-7(2)10-8(9)3;1-3-2/h6-7,19-23H,8-16H2,1-5H3;5-6H,4H2,1-3H3;3H,1H2,2H3/b17-6+,18-7+;;/t19-,20?,21?,22+,23+,24?,25?;;/m1../s1. The van der Waals surface area contributed by atoms with E-state index in [1.807, 2.05) is 13.8 Å². The van der Waals surface area contributed by atoms with Crippen LogP contribution in [-0.4, -0.2) is 4.98 Å². The molecule has 0 amide bonds. The highest BCUT2D eigenvalue weighted by atomic mass is 14.7. The van der Waals surface area contributed by atoms with Crippen LogP contribution in [0.2, 0.25) is 0 Å². The first-order valence-electron chi connectivity index (χ1n) is 15.9. The topological polar surface area (TPSA) is 12.9 Å². The summed E-state index contributed by atoms with van der Waals surface area (Å²) >= 11 is 0. The van der Waals surface area contributed by atoms with Gasteiger partial charge in [0, 0.05) is 11.4 Å². The molecule has 0 N–H and O–H groups in total. The molecule has 4 saturated carbocycles. The third-order valence-electron chi connectivity index (χ3n) is 11.7. The summed E-state index contributed by atoms with van der Waals surface area (Å²) in [5.74, 6) is 4.91. The third-order valence-corrected chi connectivity index (χ3v) is 11.7. The fourth-order valence-electron chi connectivity index (χ4n) is 9.41. The number of hydrogen-bond donors (Lipinski definition) is 0. The van der Waals surface area contributed by atoms with E-state index in [-0.39, 0.29) is 0 Å². The van der Waals surface area contributed by atoms with E-state index >= 15 is 0 Å². The summed E-state index contributed by atoms with van der Waals surface area (Å²) in [5, 5.41) is 0. The monoisotopic (exact) mass is 517 g/mol. The van der Waals surface area contributed by atoms with Gasteiger partial charge in [-0.3, -0.25) is 4.98 Å². The zero-order valence-corrected chi connectivity index (χ0v) is 26.5. The molecule has 0 spiro atoms. The molecule has 1 aromatic rings. The molecule has 7 atom stereocenters. The molecule has 4 aliphatic carbocycles. The highest BCUT2D eigenvalue weighted by Gasteiger charge is 2.59. The smallest absolute Gasteiger partial charge is 0.0407 e. The van der Waals surface area contributed by atoms with E-state index in [1.165, 1.54) is 69.0 Å². The first-order valence-corrected chi connectivity index (χ1v) is 15.9. The summed E-state index contributed by atoms with van der Waals surface area (Å²) in [6, 6.07) is 4.21. The molecule has 4 fully saturated rings. The van der Waals surface area contributed by atoms with E-state index < -0.39 is 0 Å². The highest BCUT2D eigenvalue weighted by Crippen LogP contribution is 2.68. The highest BCUT2D eigenvalue weighted by molar-refractivity contribution is 5.21. The minimum Gasteiger partial charge on any atom is -0.258 e. The van der Waals surface area contributed by atoms with Gasteiger partial charge < -0.3 is 0 Å². The summed E-state index contributed by atoms with van der Waals surface area (Å²) in [6.07, 6.45) is 21.0. The lowest BCUT2D eigenvalue weighted by Gasteiger charge is -2.61. The second-order valence-electron chi connectivity index (χ2n) is 13.5. The Bertz CT molecular complexity index is 998. The predicted molar refractivity (Wildman–Crippen MR) is 167 cm³/mol. The molecule has 1 nitrogen and oxygen atoms in total. The molecule has 212 valence electrons. The molecule has 0 saturated heterocycles. The normalized spacial score (nSPS) is 37.0. The number of fused-ring (bicyclic) bond motifs is 5. The van der Waals surface area contributed by atoms with Gasteiger partial charge in [-0.1, -0.05) is 56.2 Å². The number of rotatable bonds is 2. The van der Waals surface area contributed by atoms with Crippen LogP contribution in [0, 0.1) is 54.3 Å². The maximum absolute atomic E-state index is 4.34. The van der Waals surface area contributed by atoms with Crippen LogP contribution in [0.5, 0.6) is 0 Å². The molecule has 38 heavy (non-hydrogen) atoms. The molecular weight excluding hydrogens is 458 g/mol. The lowest BCUT2D eigenvalue weighted by molar-refractivity contribution is -0.102. The van der Waals surface area contributed by atoms with Gasteiger partial charge in [0.1, 0.15) is 0 Å². The lowest BCUT2D eigenvalue weighted by atomic mass is 9.44. The minimum atomic E-state index is 0.601. The van der Waals surface area contributed by atoms with E-state index in [4.69, 9.17) is 0 Å². The second-order valence-corrected chi connectivity index (χ2v) is 13.5. The van der Waals surface area contributed by atoms with Crippen molar-refractivity contribution in [3.05, 3.63) is 65.0 Å². The van der Waals surface area contributed by atoms with Gasteiger partial charge in [-0.2, -0.15) is 0 Å². The van der Waals surface area contributed by atoms with Gasteiger partial charge in [-0.25, -0.2) is 0 Å². The molecule has 0 radical (unpaired) electrons. The van der Waals surface area contributed by atoms with Crippen molar-refractivity contribution in [1.29, 1.82) is 0 Å². The van der Waals surface area contributed by atoms with Gasteiger partial charge in [0.2, 0.25) is 0 Å². The van der Waals surface area contributed by atoms with Crippen molar-refractivity contribution in [3.8, 4) is 0 Å². The summed E-state index contributed by atoms with van der Waals surface area (Å²) < 4.78 is 0. The fourth-order valence-corrected chi connectivity index (χ4v) is 9.41. The van der Waals surface area contributed by atoms with E-state index in [2.05, 4.69) is 84.3 Å². The van der Waals surface area contributed by atoms with Crippen molar-refractivity contribution >= 4 is 0 Å². The number of pyridine rings is 1. The van der Waals surface area contributed by atoms with Gasteiger partial charge in [-0.05, 0) is 158 Å². The van der Waals surface area contributed by atoms with Crippen LogP contribution in [-0.2, 0) is 6.42 Å². The van der Waals surface area contributed by atoms with E-state index in [1.54, 1.807) is 17.2 Å². The summed E-state index contributed by atoms with van der Waals surface area (Å²) in [7, 11) is 0. The lowest BCUT2D eigenvalue weighted by Crippen LogP contribution is -2.52. The number of allylic oxidation sites excluding steroid dienone is 5. The Balaban J connectivity index is 0.000000257. The van der Waals surface area contributed by atoms with Crippen LogP contribution >= 0.6 is 0 Å². The van der Waals surface area contributed by atoms with E-state index in [9.17, 15) is 0 Å². The number of aromatic nitrogens is 1. The Morgan fingerprint density at radius 1 is 0.974 bits per heavy atom. The first kappa shape index (κ1) is 30.9. The summed E-state index contributed by atoms with van der Waals surface area (Å²) in [6.45, 7) is 23.8. The van der Waals surface area contributed by atoms with Gasteiger partial charge in [0.25, 0.3) is 0 Å². The quantitative estimate of drug-likeness (QED) is 0.355. The van der Waals surface area contributed by atoms with Gasteiger partial charge in [0.05, 0.1) is 0 Å². The van der Waals surface area contributed by atoms with Gasteiger partial charge in [0.15, 0.2) is 0 Å². The van der Waals surface area contributed by atoms with Gasteiger partial charge in [-0.15, -0.1) is 6.58 Å². The first-order chi connectivity index (χ1) is 18.1. The molecule has 0 bridgehead atoms. The average molecular weight is 518 g/mol. The Labute approximate surface area is 236 Å². The van der Waals surface area contributed by atoms with Crippen molar-refractivity contribution in [1.82, 2.24) is 4.98 Å². The van der Waals surface area contributed by atoms with Crippen molar-refractivity contribution < 1.29 is 0 Å².